The minimum absolute atomic E-state index is 0.190. The van der Waals surface area contributed by atoms with Crippen molar-refractivity contribution >= 4 is 17.7 Å². The number of carbonyl (C=O) groups is 1. The lowest BCUT2D eigenvalue weighted by molar-refractivity contribution is -0.140. The summed E-state index contributed by atoms with van der Waals surface area (Å²) in [6.07, 6.45) is 5.68. The number of aromatic nitrogens is 2. The van der Waals surface area contributed by atoms with Crippen molar-refractivity contribution in [3.8, 4) is 5.69 Å². The molecule has 0 spiro atoms. The monoisotopic (exact) mass is 335 g/mol. The van der Waals surface area contributed by atoms with Gasteiger partial charge in [0.25, 0.3) is 5.91 Å². The number of hydrogen-bond acceptors (Lipinski definition) is 4. The van der Waals surface area contributed by atoms with Crippen molar-refractivity contribution in [3.05, 3.63) is 48.3 Å². The van der Waals surface area contributed by atoms with Gasteiger partial charge in [-0.1, -0.05) is 6.07 Å². The van der Waals surface area contributed by atoms with E-state index in [0.29, 0.717) is 24.1 Å². The third-order valence-corrected chi connectivity index (χ3v) is 4.98. The van der Waals surface area contributed by atoms with Crippen LogP contribution in [0.25, 0.3) is 5.69 Å². The molecule has 1 amide bonds. The highest BCUT2D eigenvalue weighted by molar-refractivity contribution is 7.99. The first-order valence-electron chi connectivity index (χ1n) is 7.44. The summed E-state index contributed by atoms with van der Waals surface area (Å²) >= 11 is 1.73. The maximum absolute atomic E-state index is 14.2. The van der Waals surface area contributed by atoms with Crippen LogP contribution in [-0.4, -0.2) is 37.7 Å². The molecule has 0 unspecified atom stereocenters. The smallest absolute Gasteiger partial charge is 0.252 e. The van der Waals surface area contributed by atoms with Crippen LogP contribution in [0.15, 0.2) is 36.9 Å². The molecule has 2 N–H and O–H groups in total. The number of thioether (sulfide) groups is 1. The Hall–Kier alpha value is -1.86. The molecular weight excluding hydrogens is 317 g/mol. The standard InChI is InChI=1S/C16H18FN3O2S/c17-13-9-12(1-2-14(13)20-6-5-18-11-20)10-19-15(21)16(22)3-7-23-8-4-16/h1-2,5-6,9,11,22H,3-4,7-8,10H2,(H,19,21). The number of aliphatic hydroxyl groups is 1. The molecule has 0 radical (unpaired) electrons. The van der Waals surface area contributed by atoms with E-state index in [1.54, 1.807) is 40.9 Å². The third-order valence-electron chi connectivity index (χ3n) is 3.99. The average molecular weight is 335 g/mol. The first-order valence-corrected chi connectivity index (χ1v) is 8.59. The quantitative estimate of drug-likeness (QED) is 0.895. The third kappa shape index (κ3) is 3.56. The highest BCUT2D eigenvalue weighted by Gasteiger charge is 2.37. The Balaban J connectivity index is 1.64. The summed E-state index contributed by atoms with van der Waals surface area (Å²) in [7, 11) is 0. The SMILES string of the molecule is O=C(NCc1ccc(-n2ccnc2)c(F)c1)C1(O)CCSCC1. The zero-order valence-corrected chi connectivity index (χ0v) is 13.4. The first-order chi connectivity index (χ1) is 11.1. The number of amides is 1. The van der Waals surface area contributed by atoms with E-state index in [1.807, 2.05) is 0 Å². The summed E-state index contributed by atoms with van der Waals surface area (Å²) < 4.78 is 15.7. The van der Waals surface area contributed by atoms with E-state index >= 15 is 0 Å². The van der Waals surface area contributed by atoms with Gasteiger partial charge in [-0.3, -0.25) is 4.79 Å². The van der Waals surface area contributed by atoms with Gasteiger partial charge in [-0.05, 0) is 42.0 Å². The van der Waals surface area contributed by atoms with Gasteiger partial charge in [-0.25, -0.2) is 9.37 Å². The van der Waals surface area contributed by atoms with Gasteiger partial charge in [0.1, 0.15) is 11.4 Å². The van der Waals surface area contributed by atoms with E-state index in [-0.39, 0.29) is 18.3 Å². The Kier molecular flexibility index (Phi) is 4.68. The molecular formula is C16H18FN3O2S. The Morgan fingerprint density at radius 1 is 1.43 bits per heavy atom. The van der Waals surface area contributed by atoms with Crippen LogP contribution in [-0.2, 0) is 11.3 Å². The highest BCUT2D eigenvalue weighted by Crippen LogP contribution is 2.27. The van der Waals surface area contributed by atoms with Crippen LogP contribution in [0.2, 0.25) is 0 Å². The zero-order valence-electron chi connectivity index (χ0n) is 12.5. The number of carbonyl (C=O) groups excluding carboxylic acids is 1. The molecule has 1 aromatic carbocycles. The highest BCUT2D eigenvalue weighted by atomic mass is 32.2. The largest absolute Gasteiger partial charge is 0.380 e. The van der Waals surface area contributed by atoms with Gasteiger partial charge in [0, 0.05) is 18.9 Å². The fourth-order valence-electron chi connectivity index (χ4n) is 2.55. The van der Waals surface area contributed by atoms with E-state index in [9.17, 15) is 14.3 Å². The summed E-state index contributed by atoms with van der Waals surface area (Å²) in [4.78, 5) is 16.0. The summed E-state index contributed by atoms with van der Waals surface area (Å²) in [6, 6.07) is 4.78. The molecule has 2 aromatic rings. The molecule has 3 rings (SSSR count). The van der Waals surface area contributed by atoms with Crippen LogP contribution in [0.3, 0.4) is 0 Å². The van der Waals surface area contributed by atoms with Crippen LogP contribution in [0, 0.1) is 5.82 Å². The second-order valence-corrected chi connectivity index (χ2v) is 6.81. The Morgan fingerprint density at radius 3 is 2.87 bits per heavy atom. The molecule has 122 valence electrons. The minimum atomic E-state index is -1.29. The van der Waals surface area contributed by atoms with Gasteiger partial charge in [-0.2, -0.15) is 11.8 Å². The number of nitrogens with one attached hydrogen (secondary N) is 1. The number of rotatable bonds is 4. The van der Waals surface area contributed by atoms with Crippen LogP contribution in [0.1, 0.15) is 18.4 Å². The predicted octanol–water partition coefficient (Wildman–Crippen LogP) is 1.89. The van der Waals surface area contributed by atoms with Crippen molar-refractivity contribution in [1.29, 1.82) is 0 Å². The van der Waals surface area contributed by atoms with Gasteiger partial charge >= 0.3 is 0 Å². The molecule has 1 fully saturated rings. The lowest BCUT2D eigenvalue weighted by Gasteiger charge is -2.30. The number of halogens is 1. The molecule has 23 heavy (non-hydrogen) atoms. The van der Waals surface area contributed by atoms with E-state index in [4.69, 9.17) is 0 Å². The second-order valence-electron chi connectivity index (χ2n) is 5.58. The molecule has 1 saturated heterocycles. The number of benzene rings is 1. The topological polar surface area (TPSA) is 67.2 Å². The van der Waals surface area contributed by atoms with Gasteiger partial charge in [0.05, 0.1) is 12.0 Å². The number of hydrogen-bond donors (Lipinski definition) is 2. The van der Waals surface area contributed by atoms with Gasteiger partial charge in [0.2, 0.25) is 0 Å². The van der Waals surface area contributed by atoms with Crippen LogP contribution in [0.4, 0.5) is 4.39 Å². The van der Waals surface area contributed by atoms with Crippen molar-refractivity contribution in [2.24, 2.45) is 0 Å². The molecule has 0 saturated carbocycles. The molecule has 2 heterocycles. The van der Waals surface area contributed by atoms with Crippen LogP contribution in [0.5, 0.6) is 0 Å². The molecule has 1 aromatic heterocycles. The maximum atomic E-state index is 14.2. The molecule has 7 heteroatoms. The van der Waals surface area contributed by atoms with E-state index < -0.39 is 5.60 Å². The molecule has 0 bridgehead atoms. The normalized spacial score (nSPS) is 17.0. The maximum Gasteiger partial charge on any atom is 0.252 e. The summed E-state index contributed by atoms with van der Waals surface area (Å²) in [5.41, 5.74) is -0.241. The minimum Gasteiger partial charge on any atom is -0.380 e. The summed E-state index contributed by atoms with van der Waals surface area (Å²) in [5.74, 6) is 0.787. The Labute approximate surface area is 137 Å². The lowest BCUT2D eigenvalue weighted by Crippen LogP contribution is -2.48. The van der Waals surface area contributed by atoms with Crippen LogP contribution < -0.4 is 5.32 Å². The fraction of sp³-hybridized carbons (Fsp3) is 0.375. The van der Waals surface area contributed by atoms with Crippen molar-refractivity contribution in [1.82, 2.24) is 14.9 Å². The van der Waals surface area contributed by atoms with Gasteiger partial charge in [0.15, 0.2) is 0 Å². The van der Waals surface area contributed by atoms with E-state index in [2.05, 4.69) is 10.3 Å². The van der Waals surface area contributed by atoms with Crippen molar-refractivity contribution in [3.63, 3.8) is 0 Å². The van der Waals surface area contributed by atoms with E-state index in [0.717, 1.165) is 11.5 Å². The summed E-state index contributed by atoms with van der Waals surface area (Å²) in [6.45, 7) is 0.190. The van der Waals surface area contributed by atoms with Crippen molar-refractivity contribution in [2.45, 2.75) is 25.0 Å². The molecule has 0 atom stereocenters. The van der Waals surface area contributed by atoms with Crippen LogP contribution >= 0.6 is 11.8 Å². The lowest BCUT2D eigenvalue weighted by atomic mass is 9.95. The predicted molar refractivity (Wildman–Crippen MR) is 86.9 cm³/mol. The van der Waals surface area contributed by atoms with Crippen molar-refractivity contribution < 1.29 is 14.3 Å². The summed E-state index contributed by atoms with van der Waals surface area (Å²) in [5, 5.41) is 13.0. The average Bonchev–Trinajstić information content (AvgIpc) is 3.07. The second kappa shape index (κ2) is 6.72. The number of imidazole rings is 1. The fourth-order valence-corrected chi connectivity index (χ4v) is 3.72. The first kappa shape index (κ1) is 16.0. The molecule has 5 nitrogen and oxygen atoms in total. The zero-order chi connectivity index (χ0) is 16.3. The Bertz CT molecular complexity index is 685. The van der Waals surface area contributed by atoms with Gasteiger partial charge < -0.3 is 15.0 Å². The van der Waals surface area contributed by atoms with Gasteiger partial charge in [-0.15, -0.1) is 0 Å². The van der Waals surface area contributed by atoms with Crippen molar-refractivity contribution in [2.75, 3.05) is 11.5 Å². The molecule has 1 aliphatic rings. The van der Waals surface area contributed by atoms with E-state index in [1.165, 1.54) is 12.4 Å². The Morgan fingerprint density at radius 2 is 2.22 bits per heavy atom. The molecule has 0 aliphatic carbocycles. The number of nitrogens with zero attached hydrogens (tertiary/aromatic N) is 2. The molecule has 1 aliphatic heterocycles.